The summed E-state index contributed by atoms with van der Waals surface area (Å²) in [5.41, 5.74) is 0.873. The van der Waals surface area contributed by atoms with Crippen molar-refractivity contribution in [3.63, 3.8) is 0 Å². The molecule has 1 aliphatic heterocycles. The van der Waals surface area contributed by atoms with E-state index >= 15 is 0 Å². The molecule has 2 nitrogen and oxygen atoms in total. The van der Waals surface area contributed by atoms with Gasteiger partial charge in [-0.15, -0.1) is 11.8 Å². The Kier molecular flexibility index (Phi) is 3.67. The molecule has 1 atom stereocenters. The highest BCUT2D eigenvalue weighted by molar-refractivity contribution is 8.04. The third kappa shape index (κ3) is 2.67. The van der Waals surface area contributed by atoms with E-state index in [0.29, 0.717) is 0 Å². The summed E-state index contributed by atoms with van der Waals surface area (Å²) in [4.78, 5) is 13.2. The third-order valence-electron chi connectivity index (χ3n) is 2.54. The van der Waals surface area contributed by atoms with Crippen LogP contribution in [0.25, 0.3) is 0 Å². The first-order chi connectivity index (χ1) is 7.79. The van der Waals surface area contributed by atoms with Crippen LogP contribution in [0.4, 0.5) is 5.69 Å². The number of benzene rings is 1. The molecule has 1 aliphatic rings. The largest absolute Gasteiger partial charge is 0.325 e. The molecule has 0 aromatic heterocycles. The van der Waals surface area contributed by atoms with Crippen LogP contribution in [0.3, 0.4) is 0 Å². The highest BCUT2D eigenvalue weighted by atomic mass is 32.2. The van der Waals surface area contributed by atoms with E-state index < -0.39 is 0 Å². The van der Waals surface area contributed by atoms with E-state index in [4.69, 9.17) is 0 Å². The maximum atomic E-state index is 11.9. The maximum Gasteiger partial charge on any atom is 0.238 e. The molecule has 0 saturated carbocycles. The summed E-state index contributed by atoms with van der Waals surface area (Å²) in [5, 5.41) is 2.99. The SMILES string of the molecule is CCC1=CCC(C(=O)Nc2ccccc2)S1. The van der Waals surface area contributed by atoms with E-state index in [1.54, 1.807) is 11.8 Å². The lowest BCUT2D eigenvalue weighted by Crippen LogP contribution is -2.23. The molecule has 3 heteroatoms. The van der Waals surface area contributed by atoms with Gasteiger partial charge < -0.3 is 5.32 Å². The first-order valence-corrected chi connectivity index (χ1v) is 6.39. The van der Waals surface area contributed by atoms with Gasteiger partial charge >= 0.3 is 0 Å². The fourth-order valence-electron chi connectivity index (χ4n) is 1.65. The van der Waals surface area contributed by atoms with Gasteiger partial charge in [0.2, 0.25) is 5.91 Å². The van der Waals surface area contributed by atoms with Gasteiger partial charge in [-0.1, -0.05) is 31.2 Å². The number of rotatable bonds is 3. The highest BCUT2D eigenvalue weighted by Crippen LogP contribution is 2.34. The lowest BCUT2D eigenvalue weighted by molar-refractivity contribution is -0.115. The average molecular weight is 233 g/mol. The highest BCUT2D eigenvalue weighted by Gasteiger charge is 2.23. The van der Waals surface area contributed by atoms with Gasteiger partial charge in [-0.05, 0) is 29.9 Å². The van der Waals surface area contributed by atoms with Crippen molar-refractivity contribution in [1.29, 1.82) is 0 Å². The minimum Gasteiger partial charge on any atom is -0.325 e. The molecule has 0 saturated heterocycles. The molecule has 2 rings (SSSR count). The van der Waals surface area contributed by atoms with Crippen molar-refractivity contribution in [2.45, 2.75) is 25.0 Å². The van der Waals surface area contributed by atoms with Gasteiger partial charge in [0.25, 0.3) is 0 Å². The summed E-state index contributed by atoms with van der Waals surface area (Å²) in [6.45, 7) is 2.12. The van der Waals surface area contributed by atoms with Crippen LogP contribution in [0.15, 0.2) is 41.3 Å². The monoisotopic (exact) mass is 233 g/mol. The second-order valence-corrected chi connectivity index (χ2v) is 5.05. The van der Waals surface area contributed by atoms with Crippen LogP contribution in [0, 0.1) is 0 Å². The van der Waals surface area contributed by atoms with E-state index in [1.165, 1.54) is 4.91 Å². The number of carbonyl (C=O) groups excluding carboxylic acids is 1. The molecule has 0 aliphatic carbocycles. The second-order valence-electron chi connectivity index (χ2n) is 3.72. The Labute approximate surface area is 100 Å². The van der Waals surface area contributed by atoms with E-state index in [1.807, 2.05) is 30.3 Å². The van der Waals surface area contributed by atoms with E-state index in [-0.39, 0.29) is 11.2 Å². The van der Waals surface area contributed by atoms with Gasteiger partial charge in [-0.25, -0.2) is 0 Å². The lowest BCUT2D eigenvalue weighted by atomic mass is 10.2. The minimum atomic E-state index is 0.0511. The normalized spacial score (nSPS) is 19.3. The molecule has 84 valence electrons. The standard InChI is InChI=1S/C13H15NOS/c1-2-11-8-9-12(16-11)13(15)14-10-6-4-3-5-7-10/h3-8,12H,2,9H2,1H3,(H,14,15). The number of nitrogens with one attached hydrogen (secondary N) is 1. The zero-order valence-corrected chi connectivity index (χ0v) is 10.1. The van der Waals surface area contributed by atoms with Crippen LogP contribution in [-0.2, 0) is 4.79 Å². The van der Waals surface area contributed by atoms with Gasteiger partial charge in [-0.3, -0.25) is 4.79 Å². The summed E-state index contributed by atoms with van der Waals surface area (Å²) < 4.78 is 0. The van der Waals surface area contributed by atoms with Crippen LogP contribution in [-0.4, -0.2) is 11.2 Å². The zero-order valence-electron chi connectivity index (χ0n) is 9.27. The summed E-state index contributed by atoms with van der Waals surface area (Å²) in [6.07, 6.45) is 4.05. The second kappa shape index (κ2) is 5.21. The average Bonchev–Trinajstić information content (AvgIpc) is 2.79. The van der Waals surface area contributed by atoms with E-state index in [9.17, 15) is 4.79 Å². The van der Waals surface area contributed by atoms with Gasteiger partial charge in [0.05, 0.1) is 5.25 Å². The molecule has 0 radical (unpaired) electrons. The molecule has 1 aromatic carbocycles. The number of anilines is 1. The molecular formula is C13H15NOS. The van der Waals surface area contributed by atoms with Crippen molar-refractivity contribution >= 4 is 23.4 Å². The topological polar surface area (TPSA) is 29.1 Å². The third-order valence-corrected chi connectivity index (χ3v) is 3.98. The zero-order chi connectivity index (χ0) is 11.4. The van der Waals surface area contributed by atoms with Crippen LogP contribution in [0.5, 0.6) is 0 Å². The Morgan fingerprint density at radius 2 is 2.19 bits per heavy atom. The Morgan fingerprint density at radius 1 is 1.44 bits per heavy atom. The molecule has 1 unspecified atom stereocenters. The molecule has 1 amide bonds. The Morgan fingerprint density at radius 3 is 2.81 bits per heavy atom. The van der Waals surface area contributed by atoms with Gasteiger partial charge in [-0.2, -0.15) is 0 Å². The fraction of sp³-hybridized carbons (Fsp3) is 0.308. The van der Waals surface area contributed by atoms with Crippen LogP contribution >= 0.6 is 11.8 Å². The summed E-state index contributed by atoms with van der Waals surface area (Å²) >= 11 is 1.69. The quantitative estimate of drug-likeness (QED) is 0.866. The molecule has 1 aromatic rings. The Hall–Kier alpha value is -1.22. The number of thioether (sulfide) groups is 1. The van der Waals surface area contributed by atoms with Gasteiger partial charge in [0.15, 0.2) is 0 Å². The van der Waals surface area contributed by atoms with Crippen LogP contribution in [0.2, 0.25) is 0 Å². The van der Waals surface area contributed by atoms with Crippen molar-refractivity contribution in [1.82, 2.24) is 0 Å². The molecule has 0 fully saturated rings. The molecule has 1 N–H and O–H groups in total. The number of amides is 1. The minimum absolute atomic E-state index is 0.0511. The van der Waals surface area contributed by atoms with E-state index in [2.05, 4.69) is 18.3 Å². The first-order valence-electron chi connectivity index (χ1n) is 5.51. The number of para-hydroxylation sites is 1. The molecule has 16 heavy (non-hydrogen) atoms. The van der Waals surface area contributed by atoms with Crippen molar-refractivity contribution in [3.05, 3.63) is 41.3 Å². The number of hydrogen-bond donors (Lipinski definition) is 1. The summed E-state index contributed by atoms with van der Waals surface area (Å²) in [7, 11) is 0. The number of carbonyl (C=O) groups is 1. The predicted molar refractivity (Wildman–Crippen MR) is 69.4 cm³/mol. The Balaban J connectivity index is 1.91. The summed E-state index contributed by atoms with van der Waals surface area (Å²) in [5.74, 6) is 0.107. The van der Waals surface area contributed by atoms with E-state index in [0.717, 1.165) is 18.5 Å². The van der Waals surface area contributed by atoms with Gasteiger partial charge in [0.1, 0.15) is 0 Å². The molecule has 1 heterocycles. The predicted octanol–water partition coefficient (Wildman–Crippen LogP) is 3.42. The van der Waals surface area contributed by atoms with Crippen molar-refractivity contribution in [3.8, 4) is 0 Å². The smallest absolute Gasteiger partial charge is 0.238 e. The van der Waals surface area contributed by atoms with Crippen LogP contribution in [0.1, 0.15) is 19.8 Å². The maximum absolute atomic E-state index is 11.9. The summed E-state index contributed by atoms with van der Waals surface area (Å²) in [6, 6.07) is 9.61. The van der Waals surface area contributed by atoms with Crippen LogP contribution < -0.4 is 5.32 Å². The molecular weight excluding hydrogens is 218 g/mol. The lowest BCUT2D eigenvalue weighted by Gasteiger charge is -2.10. The van der Waals surface area contributed by atoms with Crippen molar-refractivity contribution < 1.29 is 4.79 Å². The molecule has 0 bridgehead atoms. The van der Waals surface area contributed by atoms with Gasteiger partial charge in [0, 0.05) is 5.69 Å². The number of allylic oxidation sites excluding steroid dienone is 2. The van der Waals surface area contributed by atoms with Crippen molar-refractivity contribution in [2.75, 3.05) is 5.32 Å². The molecule has 0 spiro atoms. The fourth-order valence-corrected chi connectivity index (χ4v) is 2.73. The van der Waals surface area contributed by atoms with Crippen molar-refractivity contribution in [2.24, 2.45) is 0 Å². The number of hydrogen-bond acceptors (Lipinski definition) is 2. The first kappa shape index (κ1) is 11.3. The Bertz CT molecular complexity index is 400.